The summed E-state index contributed by atoms with van der Waals surface area (Å²) >= 11 is 5.78. The van der Waals surface area contributed by atoms with E-state index >= 15 is 0 Å². The lowest BCUT2D eigenvalue weighted by Crippen LogP contribution is -2.48. The van der Waals surface area contributed by atoms with Crippen LogP contribution in [0.1, 0.15) is 6.92 Å². The van der Waals surface area contributed by atoms with Gasteiger partial charge in [-0.05, 0) is 49.3 Å². The van der Waals surface area contributed by atoms with E-state index in [1.165, 1.54) is 6.20 Å². The van der Waals surface area contributed by atoms with Gasteiger partial charge in [0.15, 0.2) is 0 Å². The Bertz CT molecular complexity index is 669. The maximum atomic E-state index is 12.2. The van der Waals surface area contributed by atoms with Crippen LogP contribution < -0.4 is 15.4 Å². The van der Waals surface area contributed by atoms with Gasteiger partial charge < -0.3 is 15.4 Å². The fourth-order valence-electron chi connectivity index (χ4n) is 2.28. The van der Waals surface area contributed by atoms with Crippen molar-refractivity contribution >= 4 is 23.2 Å². The number of benzene rings is 1. The third-order valence-corrected chi connectivity index (χ3v) is 4.20. The highest BCUT2D eigenvalue weighted by Gasteiger charge is 2.28. The molecule has 1 aliphatic rings. The number of ether oxygens (including phenoxy) is 1. The van der Waals surface area contributed by atoms with Gasteiger partial charge in [-0.25, -0.2) is 4.98 Å². The molecule has 0 aliphatic carbocycles. The minimum absolute atomic E-state index is 0.00504. The van der Waals surface area contributed by atoms with Crippen molar-refractivity contribution in [2.45, 2.75) is 6.92 Å². The zero-order chi connectivity index (χ0) is 16.2. The number of halogens is 1. The molecule has 3 rings (SSSR count). The Hall–Kier alpha value is -2.11. The van der Waals surface area contributed by atoms with Crippen molar-refractivity contribution in [3.05, 3.63) is 47.6 Å². The van der Waals surface area contributed by atoms with Crippen LogP contribution in [0.4, 0.5) is 5.69 Å². The summed E-state index contributed by atoms with van der Waals surface area (Å²) in [5.41, 5.74) is 0.755. The number of amides is 1. The largest absolute Gasteiger partial charge is 0.439 e. The van der Waals surface area contributed by atoms with Crippen LogP contribution in [-0.2, 0) is 4.79 Å². The molecule has 2 N–H and O–H groups in total. The Labute approximate surface area is 140 Å². The van der Waals surface area contributed by atoms with Crippen molar-refractivity contribution in [2.75, 3.05) is 18.4 Å². The molecule has 23 heavy (non-hydrogen) atoms. The third kappa shape index (κ3) is 4.00. The van der Waals surface area contributed by atoms with Crippen molar-refractivity contribution in [2.24, 2.45) is 11.8 Å². The molecule has 2 aromatic rings. The van der Waals surface area contributed by atoms with Gasteiger partial charge >= 0.3 is 0 Å². The summed E-state index contributed by atoms with van der Waals surface area (Å²) in [5.74, 6) is 1.59. The fourth-order valence-corrected chi connectivity index (χ4v) is 2.40. The smallest absolute Gasteiger partial charge is 0.227 e. The van der Waals surface area contributed by atoms with Crippen LogP contribution in [0.25, 0.3) is 0 Å². The lowest BCUT2D eigenvalue weighted by molar-refractivity contribution is -0.121. The summed E-state index contributed by atoms with van der Waals surface area (Å²) in [6.07, 6.45) is 1.53. The lowest BCUT2D eigenvalue weighted by Gasteiger charge is -2.31. The van der Waals surface area contributed by atoms with Gasteiger partial charge in [-0.3, -0.25) is 4.79 Å². The molecule has 0 saturated carbocycles. The van der Waals surface area contributed by atoms with Gasteiger partial charge in [0.25, 0.3) is 0 Å². The Morgan fingerprint density at radius 1 is 1.30 bits per heavy atom. The van der Waals surface area contributed by atoms with Gasteiger partial charge in [0, 0.05) is 23.9 Å². The molecule has 2 heterocycles. The summed E-state index contributed by atoms with van der Waals surface area (Å²) in [6, 6.07) is 10.6. The standard InChI is InChI=1S/C17H18ClN3O2/c1-11(12-8-19-9-12)17(22)21-14-3-5-15(6-4-14)23-16-7-2-13(18)10-20-16/h2-7,10-12,19H,8-9H2,1H3,(H,21,22). The van der Waals surface area contributed by atoms with Crippen LogP contribution in [0.3, 0.4) is 0 Å². The average Bonchev–Trinajstić information content (AvgIpc) is 2.50. The van der Waals surface area contributed by atoms with E-state index < -0.39 is 0 Å². The summed E-state index contributed by atoms with van der Waals surface area (Å²) in [7, 11) is 0. The first-order valence-corrected chi connectivity index (χ1v) is 7.90. The Morgan fingerprint density at radius 3 is 2.61 bits per heavy atom. The first-order chi connectivity index (χ1) is 11.1. The van der Waals surface area contributed by atoms with Crippen molar-refractivity contribution in [3.63, 3.8) is 0 Å². The number of pyridine rings is 1. The molecule has 1 fully saturated rings. The minimum Gasteiger partial charge on any atom is -0.439 e. The molecule has 0 bridgehead atoms. The van der Waals surface area contributed by atoms with Gasteiger partial charge in [0.05, 0.1) is 5.02 Å². The molecule has 1 amide bonds. The maximum absolute atomic E-state index is 12.2. The number of anilines is 1. The summed E-state index contributed by atoms with van der Waals surface area (Å²) < 4.78 is 5.61. The zero-order valence-corrected chi connectivity index (χ0v) is 13.5. The van der Waals surface area contributed by atoms with Crippen LogP contribution in [0, 0.1) is 11.8 Å². The first-order valence-electron chi connectivity index (χ1n) is 7.53. The molecule has 120 valence electrons. The van der Waals surface area contributed by atoms with Gasteiger partial charge in [0.1, 0.15) is 5.75 Å². The molecule has 5 nitrogen and oxygen atoms in total. The Kier molecular flexibility index (Phi) is 4.79. The number of carbonyl (C=O) groups is 1. The van der Waals surface area contributed by atoms with E-state index in [2.05, 4.69) is 15.6 Å². The molecule has 1 aromatic carbocycles. The summed E-state index contributed by atoms with van der Waals surface area (Å²) in [5, 5.41) is 6.68. The van der Waals surface area contributed by atoms with E-state index in [-0.39, 0.29) is 11.8 Å². The normalized spacial score (nSPS) is 15.6. The van der Waals surface area contributed by atoms with E-state index in [1.807, 2.05) is 19.1 Å². The highest BCUT2D eigenvalue weighted by atomic mass is 35.5. The predicted molar refractivity (Wildman–Crippen MR) is 89.9 cm³/mol. The third-order valence-electron chi connectivity index (χ3n) is 3.98. The highest BCUT2D eigenvalue weighted by Crippen LogP contribution is 2.23. The van der Waals surface area contributed by atoms with Gasteiger partial charge in [-0.15, -0.1) is 0 Å². The second-order valence-electron chi connectivity index (χ2n) is 5.64. The lowest BCUT2D eigenvalue weighted by atomic mass is 9.88. The highest BCUT2D eigenvalue weighted by molar-refractivity contribution is 6.30. The molecular formula is C17H18ClN3O2. The van der Waals surface area contributed by atoms with Crippen molar-refractivity contribution in [3.8, 4) is 11.6 Å². The molecule has 1 unspecified atom stereocenters. The summed E-state index contributed by atoms with van der Waals surface area (Å²) in [4.78, 5) is 16.2. The number of nitrogens with zero attached hydrogens (tertiary/aromatic N) is 1. The number of nitrogens with one attached hydrogen (secondary N) is 2. The molecule has 0 radical (unpaired) electrons. The second kappa shape index (κ2) is 6.98. The molecule has 1 aliphatic heterocycles. The zero-order valence-electron chi connectivity index (χ0n) is 12.8. The van der Waals surface area contributed by atoms with E-state index in [0.29, 0.717) is 22.6 Å². The number of hydrogen-bond donors (Lipinski definition) is 2. The average molecular weight is 332 g/mol. The van der Waals surface area contributed by atoms with E-state index in [0.717, 1.165) is 18.8 Å². The second-order valence-corrected chi connectivity index (χ2v) is 6.07. The number of carbonyl (C=O) groups excluding carboxylic acids is 1. The van der Waals surface area contributed by atoms with E-state index in [4.69, 9.17) is 16.3 Å². The molecule has 1 atom stereocenters. The van der Waals surface area contributed by atoms with Crippen LogP contribution in [0.15, 0.2) is 42.6 Å². The van der Waals surface area contributed by atoms with Crippen LogP contribution in [-0.4, -0.2) is 24.0 Å². The van der Waals surface area contributed by atoms with Crippen molar-refractivity contribution in [1.82, 2.24) is 10.3 Å². The Morgan fingerprint density at radius 2 is 2.04 bits per heavy atom. The topological polar surface area (TPSA) is 63.2 Å². The number of hydrogen-bond acceptors (Lipinski definition) is 4. The van der Waals surface area contributed by atoms with Crippen LogP contribution >= 0.6 is 11.6 Å². The first kappa shape index (κ1) is 15.8. The molecular weight excluding hydrogens is 314 g/mol. The van der Waals surface area contributed by atoms with E-state index in [9.17, 15) is 4.79 Å². The van der Waals surface area contributed by atoms with Gasteiger partial charge in [-0.1, -0.05) is 18.5 Å². The molecule has 1 aromatic heterocycles. The fraction of sp³-hybridized carbons (Fsp3) is 0.294. The SMILES string of the molecule is CC(C(=O)Nc1ccc(Oc2ccc(Cl)cn2)cc1)C1CNC1. The predicted octanol–water partition coefficient (Wildman–Crippen LogP) is 3.32. The van der Waals surface area contributed by atoms with Crippen LogP contribution in [0.2, 0.25) is 5.02 Å². The molecule has 1 saturated heterocycles. The van der Waals surface area contributed by atoms with Gasteiger partial charge in [-0.2, -0.15) is 0 Å². The Balaban J connectivity index is 1.58. The van der Waals surface area contributed by atoms with Crippen LogP contribution in [0.5, 0.6) is 11.6 Å². The molecule has 0 spiro atoms. The molecule has 6 heteroatoms. The van der Waals surface area contributed by atoms with E-state index in [1.54, 1.807) is 24.3 Å². The quantitative estimate of drug-likeness (QED) is 0.882. The van der Waals surface area contributed by atoms with Crippen molar-refractivity contribution in [1.29, 1.82) is 0 Å². The minimum atomic E-state index is 0.00504. The monoisotopic (exact) mass is 331 g/mol. The summed E-state index contributed by atoms with van der Waals surface area (Å²) in [6.45, 7) is 3.79. The number of aromatic nitrogens is 1. The maximum Gasteiger partial charge on any atom is 0.227 e. The van der Waals surface area contributed by atoms with Gasteiger partial charge in [0.2, 0.25) is 11.8 Å². The van der Waals surface area contributed by atoms with Crippen molar-refractivity contribution < 1.29 is 9.53 Å². The number of rotatable bonds is 5.